The van der Waals surface area contributed by atoms with Crippen LogP contribution in [0.1, 0.15) is 0 Å². The Morgan fingerprint density at radius 3 is 2.55 bits per heavy atom. The lowest BCUT2D eigenvalue weighted by molar-refractivity contribution is -0.197. The molecule has 0 saturated heterocycles. The highest BCUT2D eigenvalue weighted by Crippen LogP contribution is 2.30. The highest BCUT2D eigenvalue weighted by atomic mass is 31.2. The molecule has 0 heterocycles. The first-order valence-corrected chi connectivity index (χ1v) is 5.26. The van der Waals surface area contributed by atoms with E-state index in [0.29, 0.717) is 13.2 Å². The molecule has 0 aliphatic rings. The molecule has 6 heteroatoms. The average molecular weight is 182 g/mol. The largest absolute Gasteiger partial charge is 0.779 e. The molecule has 0 aromatic carbocycles. The van der Waals surface area contributed by atoms with E-state index in [0.717, 1.165) is 6.66 Å². The Kier molecular flexibility index (Phi) is 5.72. The van der Waals surface area contributed by atoms with Gasteiger partial charge in [0, 0.05) is 13.2 Å². The second-order valence-electron chi connectivity index (χ2n) is 2.01. The Hall–Kier alpha value is 0.0700. The predicted octanol–water partition coefficient (Wildman–Crippen LogP) is -0.838. The van der Waals surface area contributed by atoms with Gasteiger partial charge in [0.2, 0.25) is 0 Å². The van der Waals surface area contributed by atoms with E-state index >= 15 is 0 Å². The first-order chi connectivity index (χ1) is 5.06. The second-order valence-corrected chi connectivity index (χ2v) is 3.81. The third-order valence-electron chi connectivity index (χ3n) is 0.816. The van der Waals surface area contributed by atoms with Crippen molar-refractivity contribution in [3.05, 3.63) is 0 Å². The van der Waals surface area contributed by atoms with Crippen LogP contribution in [0, 0.1) is 0 Å². The first kappa shape index (κ1) is 11.1. The summed E-state index contributed by atoms with van der Waals surface area (Å²) in [6, 6.07) is 0. The van der Waals surface area contributed by atoms with Crippen LogP contribution in [-0.4, -0.2) is 33.0 Å². The molecule has 0 aromatic rings. The van der Waals surface area contributed by atoms with Gasteiger partial charge in [-0.05, 0) is 0 Å². The lowest BCUT2D eigenvalue weighted by atomic mass is 10.7. The summed E-state index contributed by atoms with van der Waals surface area (Å²) < 4.78 is 19.7. The molecule has 0 saturated carbocycles. The molecule has 0 amide bonds. The van der Waals surface area contributed by atoms with Crippen LogP contribution in [0.4, 0.5) is 0 Å². The smallest absolute Gasteiger partial charge is 0.131 e. The summed E-state index contributed by atoms with van der Waals surface area (Å²) >= 11 is 0. The SMILES string of the molecule is CP(=O)([O-])OCCOCCN. The van der Waals surface area contributed by atoms with Crippen LogP contribution in [0.2, 0.25) is 0 Å². The first-order valence-electron chi connectivity index (χ1n) is 3.27. The molecule has 0 fully saturated rings. The van der Waals surface area contributed by atoms with Gasteiger partial charge in [0.15, 0.2) is 0 Å². The summed E-state index contributed by atoms with van der Waals surface area (Å²) in [7, 11) is -3.58. The number of rotatable bonds is 6. The topological polar surface area (TPSA) is 84.6 Å². The lowest BCUT2D eigenvalue weighted by Gasteiger charge is -2.17. The molecular formula is C5H13NO4P-. The van der Waals surface area contributed by atoms with Crippen LogP contribution in [0.3, 0.4) is 0 Å². The molecule has 0 spiro atoms. The van der Waals surface area contributed by atoms with E-state index in [1.54, 1.807) is 0 Å². The van der Waals surface area contributed by atoms with Gasteiger partial charge < -0.3 is 24.5 Å². The van der Waals surface area contributed by atoms with Gasteiger partial charge in [-0.3, -0.25) is 0 Å². The summed E-state index contributed by atoms with van der Waals surface area (Å²) in [5.41, 5.74) is 5.11. The molecule has 0 aliphatic carbocycles. The Morgan fingerprint density at radius 2 is 2.09 bits per heavy atom. The van der Waals surface area contributed by atoms with Crippen molar-refractivity contribution in [1.29, 1.82) is 0 Å². The van der Waals surface area contributed by atoms with Crippen molar-refractivity contribution in [1.82, 2.24) is 0 Å². The monoisotopic (exact) mass is 182 g/mol. The van der Waals surface area contributed by atoms with Gasteiger partial charge in [-0.1, -0.05) is 0 Å². The van der Waals surface area contributed by atoms with Crippen molar-refractivity contribution in [2.24, 2.45) is 5.73 Å². The van der Waals surface area contributed by atoms with Crippen molar-refractivity contribution >= 4 is 7.60 Å². The summed E-state index contributed by atoms with van der Waals surface area (Å²) in [4.78, 5) is 10.4. The highest BCUT2D eigenvalue weighted by Gasteiger charge is 1.97. The van der Waals surface area contributed by atoms with Gasteiger partial charge in [0.05, 0.1) is 19.8 Å². The van der Waals surface area contributed by atoms with E-state index in [4.69, 9.17) is 10.5 Å². The number of hydrogen-bond acceptors (Lipinski definition) is 5. The number of ether oxygens (including phenoxy) is 1. The maximum absolute atomic E-state index is 10.4. The van der Waals surface area contributed by atoms with E-state index in [2.05, 4.69) is 4.52 Å². The minimum Gasteiger partial charge on any atom is -0.779 e. The Bertz CT molecular complexity index is 134. The molecule has 68 valence electrons. The zero-order chi connectivity index (χ0) is 8.74. The van der Waals surface area contributed by atoms with E-state index in [-0.39, 0.29) is 13.2 Å². The maximum atomic E-state index is 10.4. The summed E-state index contributed by atoms with van der Waals surface area (Å²) in [5.74, 6) is 0. The molecule has 0 aromatic heterocycles. The zero-order valence-corrected chi connectivity index (χ0v) is 7.38. The van der Waals surface area contributed by atoms with Crippen molar-refractivity contribution in [2.75, 3.05) is 33.0 Å². The molecule has 1 unspecified atom stereocenters. The van der Waals surface area contributed by atoms with E-state index in [9.17, 15) is 9.46 Å². The third-order valence-corrected chi connectivity index (χ3v) is 1.47. The predicted molar refractivity (Wildman–Crippen MR) is 39.4 cm³/mol. The molecule has 0 bridgehead atoms. The zero-order valence-electron chi connectivity index (χ0n) is 6.49. The quantitative estimate of drug-likeness (QED) is 0.427. The number of nitrogens with two attached hydrogens (primary N) is 1. The maximum Gasteiger partial charge on any atom is 0.131 e. The number of hydrogen-bond donors (Lipinski definition) is 1. The minimum atomic E-state index is -3.58. The Labute approximate surface area is 66.0 Å². The minimum absolute atomic E-state index is 0.0667. The third kappa shape index (κ3) is 10.1. The molecule has 11 heavy (non-hydrogen) atoms. The van der Waals surface area contributed by atoms with Crippen LogP contribution in [0.5, 0.6) is 0 Å². The van der Waals surface area contributed by atoms with Gasteiger partial charge in [-0.15, -0.1) is 0 Å². The molecule has 2 N–H and O–H groups in total. The molecule has 1 atom stereocenters. The summed E-state index contributed by atoms with van der Waals surface area (Å²) in [5, 5.41) is 0. The van der Waals surface area contributed by atoms with Gasteiger partial charge in [0.1, 0.15) is 7.60 Å². The Balaban J connectivity index is 3.09. The normalized spacial score (nSPS) is 16.3. The summed E-state index contributed by atoms with van der Waals surface area (Å²) in [6.45, 7) is 2.21. The van der Waals surface area contributed by atoms with Crippen molar-refractivity contribution in [3.8, 4) is 0 Å². The molecule has 5 nitrogen and oxygen atoms in total. The van der Waals surface area contributed by atoms with Crippen LogP contribution in [0.25, 0.3) is 0 Å². The fraction of sp³-hybridized carbons (Fsp3) is 1.00. The van der Waals surface area contributed by atoms with Gasteiger partial charge >= 0.3 is 0 Å². The highest BCUT2D eigenvalue weighted by molar-refractivity contribution is 7.50. The van der Waals surface area contributed by atoms with Crippen molar-refractivity contribution < 1.29 is 18.7 Å². The molecule has 0 rings (SSSR count). The second kappa shape index (κ2) is 5.69. The fourth-order valence-corrected chi connectivity index (χ4v) is 0.854. The average Bonchev–Trinajstić information content (AvgIpc) is 1.85. The van der Waals surface area contributed by atoms with Crippen LogP contribution in [-0.2, 0) is 13.8 Å². The summed E-state index contributed by atoms with van der Waals surface area (Å²) in [6.07, 6.45) is 0. The van der Waals surface area contributed by atoms with Crippen molar-refractivity contribution in [2.45, 2.75) is 0 Å². The van der Waals surface area contributed by atoms with Gasteiger partial charge in [0.25, 0.3) is 0 Å². The van der Waals surface area contributed by atoms with E-state index in [1.165, 1.54) is 0 Å². The fourth-order valence-electron chi connectivity index (χ4n) is 0.447. The van der Waals surface area contributed by atoms with E-state index < -0.39 is 7.60 Å². The van der Waals surface area contributed by atoms with Crippen molar-refractivity contribution in [3.63, 3.8) is 0 Å². The molecular weight excluding hydrogens is 169 g/mol. The Morgan fingerprint density at radius 1 is 1.45 bits per heavy atom. The standard InChI is InChI=1S/C5H14NO4P/c1-11(7,8)10-5-4-9-3-2-6/h2-6H2,1H3,(H,7,8)/p-1. The lowest BCUT2D eigenvalue weighted by Crippen LogP contribution is -2.13. The molecule has 0 aliphatic heterocycles. The van der Waals surface area contributed by atoms with Gasteiger partial charge in [-0.2, -0.15) is 0 Å². The van der Waals surface area contributed by atoms with Gasteiger partial charge in [-0.25, -0.2) is 0 Å². The van der Waals surface area contributed by atoms with Crippen LogP contribution < -0.4 is 10.6 Å². The van der Waals surface area contributed by atoms with Crippen LogP contribution in [0.15, 0.2) is 0 Å². The van der Waals surface area contributed by atoms with E-state index in [1.807, 2.05) is 0 Å². The molecule has 0 radical (unpaired) electrons. The van der Waals surface area contributed by atoms with Crippen LogP contribution >= 0.6 is 7.60 Å².